The largest absolute Gasteiger partial charge is 0.494 e. The van der Waals surface area contributed by atoms with Crippen molar-refractivity contribution in [2.24, 2.45) is 0 Å². The minimum absolute atomic E-state index is 0.0102. The van der Waals surface area contributed by atoms with E-state index in [9.17, 15) is 9.18 Å². The maximum atomic E-state index is 13.4. The van der Waals surface area contributed by atoms with Crippen LogP contribution in [0.4, 0.5) is 10.1 Å². The fraction of sp³-hybridized carbons (Fsp3) is 0.364. The van der Waals surface area contributed by atoms with Crippen molar-refractivity contribution in [2.45, 2.75) is 11.7 Å². The van der Waals surface area contributed by atoms with Crippen molar-refractivity contribution < 1.29 is 13.9 Å². The van der Waals surface area contributed by atoms with Gasteiger partial charge in [0.25, 0.3) is 0 Å². The number of thiol groups is 1. The number of carbonyl (C=O) groups is 1. The second kappa shape index (κ2) is 4.86. The van der Waals surface area contributed by atoms with Crippen LogP contribution < -0.4 is 9.64 Å². The molecule has 1 atom stereocenters. The lowest BCUT2D eigenvalue weighted by Crippen LogP contribution is -2.25. The summed E-state index contributed by atoms with van der Waals surface area (Å²) < 4.78 is 18.8. The summed E-state index contributed by atoms with van der Waals surface area (Å²) in [5.74, 6) is -0.0945. The molecular formula is C11H11BrFNO2S. The summed E-state index contributed by atoms with van der Waals surface area (Å²) in [7, 11) is 1.45. The molecule has 1 fully saturated rings. The maximum absolute atomic E-state index is 13.4. The lowest BCUT2D eigenvalue weighted by atomic mass is 10.2. The van der Waals surface area contributed by atoms with Gasteiger partial charge in [0, 0.05) is 24.3 Å². The molecule has 2 rings (SSSR count). The van der Waals surface area contributed by atoms with E-state index < -0.39 is 5.82 Å². The summed E-state index contributed by atoms with van der Waals surface area (Å²) >= 11 is 7.39. The minimum atomic E-state index is -0.417. The topological polar surface area (TPSA) is 29.5 Å². The first kappa shape index (κ1) is 12.7. The molecule has 1 saturated heterocycles. The Hall–Kier alpha value is -0.750. The van der Waals surface area contributed by atoms with Crippen LogP contribution in [-0.4, -0.2) is 24.8 Å². The van der Waals surface area contributed by atoms with E-state index in [0.29, 0.717) is 28.9 Å². The van der Waals surface area contributed by atoms with Crippen LogP contribution in [-0.2, 0) is 4.79 Å². The molecule has 1 unspecified atom stereocenters. The van der Waals surface area contributed by atoms with Crippen molar-refractivity contribution in [3.63, 3.8) is 0 Å². The molecule has 3 nitrogen and oxygen atoms in total. The number of hydrogen-bond acceptors (Lipinski definition) is 3. The van der Waals surface area contributed by atoms with Gasteiger partial charge in [-0.05, 0) is 22.0 Å². The van der Waals surface area contributed by atoms with Gasteiger partial charge in [0.15, 0.2) is 0 Å². The van der Waals surface area contributed by atoms with Crippen LogP contribution in [0.15, 0.2) is 16.6 Å². The molecule has 17 heavy (non-hydrogen) atoms. The maximum Gasteiger partial charge on any atom is 0.228 e. The number of anilines is 1. The van der Waals surface area contributed by atoms with Crippen LogP contribution in [0.25, 0.3) is 0 Å². The highest BCUT2D eigenvalue weighted by atomic mass is 79.9. The summed E-state index contributed by atoms with van der Waals surface area (Å²) in [6, 6.07) is 2.82. The van der Waals surface area contributed by atoms with Crippen molar-refractivity contribution in [3.8, 4) is 5.75 Å². The number of rotatable bonds is 2. The van der Waals surface area contributed by atoms with Gasteiger partial charge < -0.3 is 9.64 Å². The number of carbonyl (C=O) groups excluding carboxylic acids is 1. The van der Waals surface area contributed by atoms with Crippen molar-refractivity contribution in [1.82, 2.24) is 0 Å². The molecule has 6 heteroatoms. The van der Waals surface area contributed by atoms with Gasteiger partial charge in [-0.25, -0.2) is 4.39 Å². The van der Waals surface area contributed by atoms with Crippen LogP contribution >= 0.6 is 28.6 Å². The normalized spacial score (nSPS) is 19.9. The van der Waals surface area contributed by atoms with Crippen LogP contribution in [0.5, 0.6) is 5.75 Å². The summed E-state index contributed by atoms with van der Waals surface area (Å²) in [5.41, 5.74) is 0.572. The molecule has 92 valence electrons. The number of hydrogen-bond donors (Lipinski definition) is 1. The fourth-order valence-electron chi connectivity index (χ4n) is 1.81. The predicted octanol–water partition coefficient (Wildman–Crippen LogP) is 2.63. The van der Waals surface area contributed by atoms with Crippen LogP contribution in [0.1, 0.15) is 6.42 Å². The molecule has 0 N–H and O–H groups in total. The Morgan fingerprint density at radius 1 is 1.59 bits per heavy atom. The summed E-state index contributed by atoms with van der Waals surface area (Å²) in [6.45, 7) is 0.510. The molecule has 1 aliphatic heterocycles. The lowest BCUT2D eigenvalue weighted by Gasteiger charge is -2.19. The van der Waals surface area contributed by atoms with E-state index in [1.807, 2.05) is 0 Å². The Bertz CT molecular complexity index is 469. The Kier molecular flexibility index (Phi) is 3.63. The van der Waals surface area contributed by atoms with E-state index in [-0.39, 0.29) is 11.2 Å². The fourth-order valence-corrected chi connectivity index (χ4v) is 2.46. The van der Waals surface area contributed by atoms with Gasteiger partial charge in [-0.1, -0.05) is 0 Å². The number of nitrogens with zero attached hydrogens (tertiary/aromatic N) is 1. The van der Waals surface area contributed by atoms with Crippen LogP contribution in [0, 0.1) is 5.82 Å². The highest BCUT2D eigenvalue weighted by Crippen LogP contribution is 2.36. The zero-order valence-electron chi connectivity index (χ0n) is 9.11. The van der Waals surface area contributed by atoms with Crippen molar-refractivity contribution in [1.29, 1.82) is 0 Å². The van der Waals surface area contributed by atoms with E-state index in [2.05, 4.69) is 28.6 Å². The Morgan fingerprint density at radius 3 is 2.82 bits per heavy atom. The third kappa shape index (κ3) is 2.42. The number of ether oxygens (including phenoxy) is 1. The van der Waals surface area contributed by atoms with Crippen LogP contribution in [0.3, 0.4) is 0 Å². The Balaban J connectivity index is 2.44. The van der Waals surface area contributed by atoms with E-state index in [1.54, 1.807) is 11.0 Å². The van der Waals surface area contributed by atoms with Gasteiger partial charge in [0.2, 0.25) is 5.91 Å². The third-order valence-electron chi connectivity index (χ3n) is 2.62. The quantitative estimate of drug-likeness (QED) is 0.849. The highest BCUT2D eigenvalue weighted by Gasteiger charge is 2.30. The first-order valence-corrected chi connectivity index (χ1v) is 6.35. The first-order chi connectivity index (χ1) is 8.02. The van der Waals surface area contributed by atoms with Gasteiger partial charge in [-0.15, -0.1) is 0 Å². The zero-order chi connectivity index (χ0) is 12.6. The van der Waals surface area contributed by atoms with Crippen molar-refractivity contribution in [2.75, 3.05) is 18.6 Å². The summed E-state index contributed by atoms with van der Waals surface area (Å²) in [5, 5.41) is 0.0102. The molecule has 0 aromatic heterocycles. The van der Waals surface area contributed by atoms with Crippen molar-refractivity contribution >= 4 is 40.2 Å². The molecule has 0 radical (unpaired) electrons. The third-order valence-corrected chi connectivity index (χ3v) is 3.57. The van der Waals surface area contributed by atoms with Gasteiger partial charge in [0.05, 0.1) is 17.3 Å². The monoisotopic (exact) mass is 319 g/mol. The van der Waals surface area contributed by atoms with Gasteiger partial charge in [0.1, 0.15) is 11.6 Å². The van der Waals surface area contributed by atoms with E-state index in [4.69, 9.17) is 4.74 Å². The van der Waals surface area contributed by atoms with Crippen molar-refractivity contribution in [3.05, 3.63) is 22.4 Å². The Labute approximate surface area is 112 Å². The summed E-state index contributed by atoms with van der Waals surface area (Å²) in [4.78, 5) is 13.3. The van der Waals surface area contributed by atoms with Crippen LogP contribution in [0.2, 0.25) is 0 Å². The average molecular weight is 320 g/mol. The molecule has 0 saturated carbocycles. The van der Waals surface area contributed by atoms with Gasteiger partial charge in [-0.3, -0.25) is 4.79 Å². The zero-order valence-corrected chi connectivity index (χ0v) is 11.6. The molecule has 1 aliphatic rings. The number of amides is 1. The van der Waals surface area contributed by atoms with E-state index in [1.165, 1.54) is 13.2 Å². The molecule has 0 bridgehead atoms. The number of halogens is 2. The number of benzene rings is 1. The highest BCUT2D eigenvalue weighted by molar-refractivity contribution is 9.10. The average Bonchev–Trinajstić information content (AvgIpc) is 2.61. The molecule has 1 aromatic carbocycles. The first-order valence-electron chi connectivity index (χ1n) is 5.04. The minimum Gasteiger partial charge on any atom is -0.494 e. The molecular weight excluding hydrogens is 309 g/mol. The standard InChI is InChI=1S/C11H11BrFNO2S/c1-16-10-4-8(13)7(12)3-9(10)14-5-6(17)2-11(14)15/h3-4,6,17H,2,5H2,1H3. The van der Waals surface area contributed by atoms with Gasteiger partial charge >= 0.3 is 0 Å². The van der Waals surface area contributed by atoms with E-state index >= 15 is 0 Å². The van der Waals surface area contributed by atoms with E-state index in [0.717, 1.165) is 0 Å². The number of methoxy groups -OCH3 is 1. The SMILES string of the molecule is COc1cc(F)c(Br)cc1N1CC(S)CC1=O. The molecule has 1 aromatic rings. The predicted molar refractivity (Wildman–Crippen MR) is 70.4 cm³/mol. The molecule has 0 aliphatic carbocycles. The molecule has 0 spiro atoms. The summed E-state index contributed by atoms with van der Waals surface area (Å²) in [6.07, 6.45) is 0.390. The smallest absolute Gasteiger partial charge is 0.228 e. The second-order valence-electron chi connectivity index (χ2n) is 3.80. The Morgan fingerprint density at radius 2 is 2.29 bits per heavy atom. The second-order valence-corrected chi connectivity index (χ2v) is 5.39. The van der Waals surface area contributed by atoms with Gasteiger partial charge in [-0.2, -0.15) is 12.6 Å². The lowest BCUT2D eigenvalue weighted by molar-refractivity contribution is -0.117. The molecule has 1 heterocycles. The molecule has 1 amide bonds.